The number of benzene rings is 4. The van der Waals surface area contributed by atoms with Gasteiger partial charge in [-0.2, -0.15) is 0 Å². The molecule has 1 heterocycles. The van der Waals surface area contributed by atoms with Crippen molar-refractivity contribution in [3.8, 4) is 11.5 Å². The Bertz CT molecular complexity index is 1370. The topological polar surface area (TPSA) is 44.1 Å². The van der Waals surface area contributed by atoms with Gasteiger partial charge in [-0.25, -0.2) is 4.98 Å². The average molecular weight is 418 g/mol. The second kappa shape index (κ2) is 8.52. The van der Waals surface area contributed by atoms with Crippen LogP contribution >= 0.6 is 0 Å². The van der Waals surface area contributed by atoms with Gasteiger partial charge in [-0.1, -0.05) is 78.9 Å². The molecule has 0 aliphatic carbocycles. The lowest BCUT2D eigenvalue weighted by Gasteiger charge is -2.23. The van der Waals surface area contributed by atoms with Crippen molar-refractivity contribution in [2.75, 3.05) is 0 Å². The van der Waals surface area contributed by atoms with E-state index >= 15 is 0 Å². The zero-order valence-corrected chi connectivity index (χ0v) is 17.7. The molecule has 0 aliphatic heterocycles. The van der Waals surface area contributed by atoms with Gasteiger partial charge < -0.3 is 4.74 Å². The van der Waals surface area contributed by atoms with Crippen LogP contribution in [0, 0.1) is 6.92 Å². The molecule has 32 heavy (non-hydrogen) atoms. The maximum absolute atomic E-state index is 13.8. The number of aromatic nitrogens is 2. The minimum atomic E-state index is -0.277. The molecule has 0 unspecified atom stereocenters. The van der Waals surface area contributed by atoms with Crippen LogP contribution < -0.4 is 10.3 Å². The van der Waals surface area contributed by atoms with Gasteiger partial charge in [0.1, 0.15) is 17.3 Å². The summed E-state index contributed by atoms with van der Waals surface area (Å²) in [5.41, 5.74) is 2.62. The van der Waals surface area contributed by atoms with E-state index in [2.05, 4.69) is 0 Å². The predicted octanol–water partition coefficient (Wildman–Crippen LogP) is 6.13. The highest BCUT2D eigenvalue weighted by Crippen LogP contribution is 2.28. The van der Waals surface area contributed by atoms with Gasteiger partial charge in [-0.15, -0.1) is 0 Å². The lowest BCUT2D eigenvalue weighted by atomic mass is 9.98. The van der Waals surface area contributed by atoms with E-state index in [1.807, 2.05) is 110 Å². The summed E-state index contributed by atoms with van der Waals surface area (Å²) >= 11 is 0. The Balaban J connectivity index is 1.69. The zero-order valence-electron chi connectivity index (χ0n) is 17.7. The van der Waals surface area contributed by atoms with Crippen molar-refractivity contribution in [3.63, 3.8) is 0 Å². The van der Waals surface area contributed by atoms with Crippen LogP contribution in [-0.2, 0) is 0 Å². The number of para-hydroxylation sites is 1. The standard InChI is InChI=1S/C28H22N2O2/c1-20-29-26-18-17-24(32-23-15-9-4-10-16-23)19-25(26)28(31)30(20)27(21-11-5-2-6-12-21)22-13-7-3-8-14-22/h2-19,27H,1H3. The highest BCUT2D eigenvalue weighted by Gasteiger charge is 2.21. The molecule has 4 heteroatoms. The molecule has 0 spiro atoms. The number of ether oxygens (including phenoxy) is 1. The summed E-state index contributed by atoms with van der Waals surface area (Å²) in [7, 11) is 0. The van der Waals surface area contributed by atoms with E-state index in [1.54, 1.807) is 10.6 Å². The molecule has 4 aromatic carbocycles. The van der Waals surface area contributed by atoms with Crippen LogP contribution in [-0.4, -0.2) is 9.55 Å². The fourth-order valence-electron chi connectivity index (χ4n) is 4.04. The normalized spacial score (nSPS) is 11.1. The Hall–Kier alpha value is -4.18. The molecule has 0 amide bonds. The van der Waals surface area contributed by atoms with Gasteiger partial charge in [-0.3, -0.25) is 9.36 Å². The largest absolute Gasteiger partial charge is 0.457 e. The molecule has 1 aromatic heterocycles. The van der Waals surface area contributed by atoms with Crippen molar-refractivity contribution < 1.29 is 4.74 Å². The third-order valence-electron chi connectivity index (χ3n) is 5.52. The van der Waals surface area contributed by atoms with Gasteiger partial charge >= 0.3 is 0 Å². The van der Waals surface area contributed by atoms with Gasteiger partial charge in [0.15, 0.2) is 0 Å². The van der Waals surface area contributed by atoms with E-state index in [0.29, 0.717) is 22.5 Å². The first-order chi connectivity index (χ1) is 15.7. The summed E-state index contributed by atoms with van der Waals surface area (Å²) in [4.78, 5) is 18.6. The second-order valence-electron chi connectivity index (χ2n) is 7.65. The highest BCUT2D eigenvalue weighted by atomic mass is 16.5. The fraction of sp³-hybridized carbons (Fsp3) is 0.0714. The predicted molar refractivity (Wildman–Crippen MR) is 127 cm³/mol. The second-order valence-corrected chi connectivity index (χ2v) is 7.65. The molecule has 0 radical (unpaired) electrons. The van der Waals surface area contributed by atoms with Crippen LogP contribution in [0.25, 0.3) is 10.9 Å². The minimum Gasteiger partial charge on any atom is -0.457 e. The maximum atomic E-state index is 13.8. The maximum Gasteiger partial charge on any atom is 0.262 e. The number of aryl methyl sites for hydroxylation is 1. The van der Waals surface area contributed by atoms with E-state index < -0.39 is 0 Å². The quantitative estimate of drug-likeness (QED) is 0.345. The van der Waals surface area contributed by atoms with Gasteiger partial charge in [-0.05, 0) is 48.4 Å². The van der Waals surface area contributed by atoms with Crippen molar-refractivity contribution >= 4 is 10.9 Å². The number of rotatable bonds is 5. The Morgan fingerprint density at radius 2 is 1.28 bits per heavy atom. The molecule has 0 saturated carbocycles. The Morgan fingerprint density at radius 1 is 0.719 bits per heavy atom. The Morgan fingerprint density at radius 3 is 1.88 bits per heavy atom. The third kappa shape index (κ3) is 3.79. The Labute approximate surface area is 186 Å². The summed E-state index contributed by atoms with van der Waals surface area (Å²) < 4.78 is 7.74. The van der Waals surface area contributed by atoms with Gasteiger partial charge in [0.25, 0.3) is 5.56 Å². The monoisotopic (exact) mass is 418 g/mol. The van der Waals surface area contributed by atoms with Crippen LogP contribution in [0.2, 0.25) is 0 Å². The highest BCUT2D eigenvalue weighted by molar-refractivity contribution is 5.79. The molecule has 0 bridgehead atoms. The van der Waals surface area contributed by atoms with Crippen molar-refractivity contribution in [2.45, 2.75) is 13.0 Å². The summed E-state index contributed by atoms with van der Waals surface area (Å²) in [6.07, 6.45) is 0. The molecular formula is C28H22N2O2. The molecule has 0 saturated heterocycles. The number of nitrogens with zero attached hydrogens (tertiary/aromatic N) is 2. The first-order valence-corrected chi connectivity index (χ1v) is 10.6. The summed E-state index contributed by atoms with van der Waals surface area (Å²) in [6, 6.07) is 34.8. The van der Waals surface area contributed by atoms with Crippen LogP contribution in [0.4, 0.5) is 0 Å². The van der Waals surface area contributed by atoms with Gasteiger partial charge in [0.2, 0.25) is 0 Å². The average Bonchev–Trinajstić information content (AvgIpc) is 2.84. The van der Waals surface area contributed by atoms with E-state index in [4.69, 9.17) is 9.72 Å². The fourth-order valence-corrected chi connectivity index (χ4v) is 4.04. The van der Waals surface area contributed by atoms with Crippen molar-refractivity contribution in [1.82, 2.24) is 9.55 Å². The molecule has 0 atom stereocenters. The molecule has 0 fully saturated rings. The van der Waals surface area contributed by atoms with E-state index in [9.17, 15) is 4.79 Å². The molecule has 5 aromatic rings. The van der Waals surface area contributed by atoms with E-state index in [0.717, 1.165) is 16.9 Å². The lowest BCUT2D eigenvalue weighted by molar-refractivity contribution is 0.483. The smallest absolute Gasteiger partial charge is 0.262 e. The van der Waals surface area contributed by atoms with Gasteiger partial charge in [0, 0.05) is 0 Å². The first kappa shape index (κ1) is 19.8. The first-order valence-electron chi connectivity index (χ1n) is 10.6. The number of fused-ring (bicyclic) bond motifs is 1. The van der Waals surface area contributed by atoms with E-state index in [1.165, 1.54) is 0 Å². The van der Waals surface area contributed by atoms with Crippen LogP contribution in [0.5, 0.6) is 11.5 Å². The van der Waals surface area contributed by atoms with Crippen LogP contribution in [0.3, 0.4) is 0 Å². The molecule has 0 aliphatic rings. The van der Waals surface area contributed by atoms with Crippen LogP contribution in [0.1, 0.15) is 23.0 Å². The molecular weight excluding hydrogens is 396 g/mol. The number of hydrogen-bond acceptors (Lipinski definition) is 3. The summed E-state index contributed by atoms with van der Waals surface area (Å²) in [5, 5.41) is 0.529. The third-order valence-corrected chi connectivity index (χ3v) is 5.52. The molecule has 4 nitrogen and oxygen atoms in total. The SMILES string of the molecule is Cc1nc2ccc(Oc3ccccc3)cc2c(=O)n1C(c1ccccc1)c1ccccc1. The van der Waals surface area contributed by atoms with Crippen molar-refractivity contribution in [2.24, 2.45) is 0 Å². The summed E-state index contributed by atoms with van der Waals surface area (Å²) in [6.45, 7) is 1.88. The molecule has 0 N–H and O–H groups in total. The Kier molecular flexibility index (Phi) is 5.26. The lowest BCUT2D eigenvalue weighted by Crippen LogP contribution is -2.29. The molecule has 156 valence electrons. The van der Waals surface area contributed by atoms with Crippen LogP contribution in [0.15, 0.2) is 114 Å². The molecule has 5 rings (SSSR count). The van der Waals surface area contributed by atoms with E-state index in [-0.39, 0.29) is 11.6 Å². The zero-order chi connectivity index (χ0) is 21.9. The summed E-state index contributed by atoms with van der Waals surface area (Å²) in [5.74, 6) is 1.99. The number of hydrogen-bond donors (Lipinski definition) is 0. The van der Waals surface area contributed by atoms with Crippen molar-refractivity contribution in [3.05, 3.63) is 136 Å². The van der Waals surface area contributed by atoms with Crippen molar-refractivity contribution in [1.29, 1.82) is 0 Å². The van der Waals surface area contributed by atoms with Gasteiger partial charge in [0.05, 0.1) is 16.9 Å². The minimum absolute atomic E-state index is 0.0938.